The molecule has 1 saturated heterocycles. The summed E-state index contributed by atoms with van der Waals surface area (Å²) in [7, 11) is 1.82. The quantitative estimate of drug-likeness (QED) is 0.750. The van der Waals surface area contributed by atoms with Crippen LogP contribution in [0.4, 0.5) is 0 Å². The van der Waals surface area contributed by atoms with E-state index in [2.05, 4.69) is 19.2 Å². The molecule has 0 amide bonds. The first-order chi connectivity index (χ1) is 6.75. The van der Waals surface area contributed by atoms with E-state index in [9.17, 15) is 0 Å². The van der Waals surface area contributed by atoms with Gasteiger partial charge in [-0.1, -0.05) is 13.8 Å². The third-order valence-electron chi connectivity index (χ3n) is 3.44. The van der Waals surface area contributed by atoms with Crippen molar-refractivity contribution in [3.05, 3.63) is 0 Å². The van der Waals surface area contributed by atoms with E-state index in [1.807, 2.05) is 7.11 Å². The fourth-order valence-corrected chi connectivity index (χ4v) is 2.54. The average Bonchev–Trinajstić information content (AvgIpc) is 2.41. The van der Waals surface area contributed by atoms with E-state index in [1.54, 1.807) is 0 Å². The Kier molecular flexibility index (Phi) is 5.49. The Balaban J connectivity index is 2.46. The van der Waals surface area contributed by atoms with Gasteiger partial charge in [-0.05, 0) is 50.1 Å². The van der Waals surface area contributed by atoms with Crippen molar-refractivity contribution < 1.29 is 4.74 Å². The van der Waals surface area contributed by atoms with E-state index in [4.69, 9.17) is 4.74 Å². The first-order valence-corrected chi connectivity index (χ1v) is 5.95. The van der Waals surface area contributed by atoms with Gasteiger partial charge in [0.25, 0.3) is 0 Å². The molecule has 1 aliphatic heterocycles. The number of methoxy groups -OCH3 is 1. The minimum absolute atomic E-state index is 0.748. The molecule has 1 rings (SSSR count). The third-order valence-corrected chi connectivity index (χ3v) is 3.44. The van der Waals surface area contributed by atoms with Gasteiger partial charge in [-0.25, -0.2) is 0 Å². The summed E-state index contributed by atoms with van der Waals surface area (Å²) >= 11 is 0. The Labute approximate surface area is 88.4 Å². The molecule has 0 aromatic heterocycles. The van der Waals surface area contributed by atoms with Crippen molar-refractivity contribution >= 4 is 0 Å². The van der Waals surface area contributed by atoms with Crippen LogP contribution in [0.25, 0.3) is 0 Å². The summed E-state index contributed by atoms with van der Waals surface area (Å²) in [6.45, 7) is 7.97. The van der Waals surface area contributed by atoms with Crippen molar-refractivity contribution in [3.8, 4) is 0 Å². The van der Waals surface area contributed by atoms with Crippen molar-refractivity contribution in [1.82, 2.24) is 5.32 Å². The van der Waals surface area contributed by atoms with E-state index in [1.165, 1.54) is 32.4 Å². The number of hydrogen-bond donors (Lipinski definition) is 1. The van der Waals surface area contributed by atoms with Crippen molar-refractivity contribution in [1.29, 1.82) is 0 Å². The van der Waals surface area contributed by atoms with Crippen molar-refractivity contribution in [2.24, 2.45) is 17.8 Å². The Morgan fingerprint density at radius 3 is 2.71 bits per heavy atom. The van der Waals surface area contributed by atoms with Gasteiger partial charge in [-0.2, -0.15) is 0 Å². The summed E-state index contributed by atoms with van der Waals surface area (Å²) in [5, 5.41) is 3.47. The fraction of sp³-hybridized carbons (Fsp3) is 1.00. The molecule has 2 heteroatoms. The van der Waals surface area contributed by atoms with Gasteiger partial charge >= 0.3 is 0 Å². The summed E-state index contributed by atoms with van der Waals surface area (Å²) in [6, 6.07) is 0. The molecule has 14 heavy (non-hydrogen) atoms. The van der Waals surface area contributed by atoms with Crippen LogP contribution in [-0.2, 0) is 4.74 Å². The number of nitrogens with one attached hydrogen (secondary N) is 1. The highest BCUT2D eigenvalue weighted by Gasteiger charge is 2.24. The van der Waals surface area contributed by atoms with Gasteiger partial charge in [0.2, 0.25) is 0 Å². The minimum Gasteiger partial charge on any atom is -0.384 e. The first kappa shape index (κ1) is 12.0. The predicted octanol–water partition coefficient (Wildman–Crippen LogP) is 2.29. The maximum atomic E-state index is 5.34. The molecular formula is C12H25NO. The van der Waals surface area contributed by atoms with Crippen LogP contribution in [0, 0.1) is 17.8 Å². The SMILES string of the molecule is COCC(C(C)C)C1CCCNCC1. The van der Waals surface area contributed by atoms with E-state index < -0.39 is 0 Å². The van der Waals surface area contributed by atoms with Gasteiger partial charge in [0.05, 0.1) is 0 Å². The fourth-order valence-electron chi connectivity index (χ4n) is 2.54. The number of ether oxygens (including phenoxy) is 1. The number of hydrogen-bond acceptors (Lipinski definition) is 2. The molecule has 1 aliphatic rings. The maximum absolute atomic E-state index is 5.34. The lowest BCUT2D eigenvalue weighted by Crippen LogP contribution is -2.25. The van der Waals surface area contributed by atoms with E-state index in [0.717, 1.165) is 24.4 Å². The average molecular weight is 199 g/mol. The molecule has 1 N–H and O–H groups in total. The Hall–Kier alpha value is -0.0800. The largest absolute Gasteiger partial charge is 0.384 e. The van der Waals surface area contributed by atoms with Crippen LogP contribution in [0.5, 0.6) is 0 Å². The minimum atomic E-state index is 0.748. The standard InChI is InChI=1S/C12H25NO/c1-10(2)12(9-14-3)11-5-4-7-13-8-6-11/h10-13H,4-9H2,1-3H3. The molecule has 0 spiro atoms. The first-order valence-electron chi connectivity index (χ1n) is 5.95. The van der Waals surface area contributed by atoms with Gasteiger partial charge in [0.1, 0.15) is 0 Å². The molecule has 2 nitrogen and oxygen atoms in total. The van der Waals surface area contributed by atoms with Gasteiger partial charge in [-0.15, -0.1) is 0 Å². The normalized spacial score (nSPS) is 26.1. The highest BCUT2D eigenvalue weighted by atomic mass is 16.5. The van der Waals surface area contributed by atoms with Crippen LogP contribution in [0.2, 0.25) is 0 Å². The molecule has 84 valence electrons. The molecule has 1 heterocycles. The zero-order valence-electron chi connectivity index (χ0n) is 9.88. The molecule has 0 bridgehead atoms. The molecule has 0 aromatic rings. The summed E-state index contributed by atoms with van der Waals surface area (Å²) in [6.07, 6.45) is 4.03. The lowest BCUT2D eigenvalue weighted by atomic mass is 9.80. The molecule has 2 atom stereocenters. The van der Waals surface area contributed by atoms with Crippen LogP contribution in [0.3, 0.4) is 0 Å². The van der Waals surface area contributed by atoms with E-state index in [-0.39, 0.29) is 0 Å². The maximum Gasteiger partial charge on any atom is 0.0495 e. The molecule has 2 unspecified atom stereocenters. The summed E-state index contributed by atoms with van der Waals surface area (Å²) in [4.78, 5) is 0. The van der Waals surface area contributed by atoms with E-state index in [0.29, 0.717) is 0 Å². The van der Waals surface area contributed by atoms with Crippen LogP contribution in [0.15, 0.2) is 0 Å². The zero-order valence-corrected chi connectivity index (χ0v) is 9.88. The van der Waals surface area contributed by atoms with Crippen LogP contribution in [0.1, 0.15) is 33.1 Å². The summed E-state index contributed by atoms with van der Waals surface area (Å²) in [5.41, 5.74) is 0. The van der Waals surface area contributed by atoms with Crippen molar-refractivity contribution in [2.75, 3.05) is 26.8 Å². The Morgan fingerprint density at radius 2 is 2.07 bits per heavy atom. The third kappa shape index (κ3) is 3.58. The van der Waals surface area contributed by atoms with Crippen molar-refractivity contribution in [2.45, 2.75) is 33.1 Å². The Bertz CT molecular complexity index is 139. The molecule has 0 aliphatic carbocycles. The van der Waals surface area contributed by atoms with Crippen LogP contribution >= 0.6 is 0 Å². The monoisotopic (exact) mass is 199 g/mol. The smallest absolute Gasteiger partial charge is 0.0495 e. The second-order valence-corrected chi connectivity index (χ2v) is 4.80. The lowest BCUT2D eigenvalue weighted by molar-refractivity contribution is 0.0868. The van der Waals surface area contributed by atoms with Crippen LogP contribution in [-0.4, -0.2) is 26.8 Å². The lowest BCUT2D eigenvalue weighted by Gasteiger charge is -2.28. The highest BCUT2D eigenvalue weighted by molar-refractivity contribution is 4.76. The van der Waals surface area contributed by atoms with Gasteiger partial charge in [0, 0.05) is 13.7 Å². The molecule has 0 radical (unpaired) electrons. The second-order valence-electron chi connectivity index (χ2n) is 4.80. The van der Waals surface area contributed by atoms with Gasteiger partial charge in [-0.3, -0.25) is 0 Å². The van der Waals surface area contributed by atoms with Gasteiger partial charge in [0.15, 0.2) is 0 Å². The Morgan fingerprint density at radius 1 is 1.29 bits per heavy atom. The molecule has 0 aromatic carbocycles. The predicted molar refractivity (Wildman–Crippen MR) is 60.4 cm³/mol. The molecule has 1 fully saturated rings. The number of rotatable bonds is 4. The molecule has 0 saturated carbocycles. The second kappa shape index (κ2) is 6.41. The van der Waals surface area contributed by atoms with Crippen LogP contribution < -0.4 is 5.32 Å². The highest BCUT2D eigenvalue weighted by Crippen LogP contribution is 2.28. The summed E-state index contributed by atoms with van der Waals surface area (Å²) < 4.78 is 5.34. The van der Waals surface area contributed by atoms with E-state index >= 15 is 0 Å². The van der Waals surface area contributed by atoms with Gasteiger partial charge < -0.3 is 10.1 Å². The zero-order chi connectivity index (χ0) is 10.4. The molecular weight excluding hydrogens is 174 g/mol. The summed E-state index contributed by atoms with van der Waals surface area (Å²) in [5.74, 6) is 2.36. The topological polar surface area (TPSA) is 21.3 Å². The van der Waals surface area contributed by atoms with Crippen molar-refractivity contribution in [3.63, 3.8) is 0 Å².